The number of halogens is 1. The van der Waals surface area contributed by atoms with Crippen LogP contribution in [-0.4, -0.2) is 28.5 Å². The van der Waals surface area contributed by atoms with Gasteiger partial charge in [0.15, 0.2) is 0 Å². The molecule has 3 amide bonds. The Morgan fingerprint density at radius 2 is 1.89 bits per heavy atom. The van der Waals surface area contributed by atoms with Gasteiger partial charge in [-0.1, -0.05) is 54.0 Å². The molecule has 1 saturated heterocycles. The van der Waals surface area contributed by atoms with Crippen molar-refractivity contribution in [1.82, 2.24) is 4.90 Å². The Kier molecular flexibility index (Phi) is 6.36. The highest BCUT2D eigenvalue weighted by Crippen LogP contribution is 2.32. The summed E-state index contributed by atoms with van der Waals surface area (Å²) in [5.41, 5.74) is 2.60. The highest BCUT2D eigenvalue weighted by Gasteiger charge is 2.36. The first-order valence-electron chi connectivity index (χ1n) is 8.74. The summed E-state index contributed by atoms with van der Waals surface area (Å²) in [6.07, 6.45) is 1.65. The molecule has 0 aliphatic carbocycles. The van der Waals surface area contributed by atoms with Crippen LogP contribution in [0.15, 0.2) is 57.9 Å². The lowest BCUT2D eigenvalue weighted by molar-refractivity contribution is -0.127. The van der Waals surface area contributed by atoms with E-state index in [1.165, 1.54) is 5.56 Å². The second-order valence-corrected chi connectivity index (χ2v) is 8.56. The summed E-state index contributed by atoms with van der Waals surface area (Å²) in [6.45, 7) is 3.87. The maximum absolute atomic E-state index is 12.5. The molecule has 1 fully saturated rings. The Morgan fingerprint density at radius 1 is 1.18 bits per heavy atom. The first-order valence-corrected chi connectivity index (χ1v) is 10.3. The van der Waals surface area contributed by atoms with Crippen molar-refractivity contribution in [2.75, 3.05) is 11.9 Å². The number of carbonyl (C=O) groups is 3. The van der Waals surface area contributed by atoms with E-state index in [2.05, 4.69) is 35.1 Å². The van der Waals surface area contributed by atoms with Crippen molar-refractivity contribution in [3.63, 3.8) is 0 Å². The molecule has 0 unspecified atom stereocenters. The van der Waals surface area contributed by atoms with E-state index in [9.17, 15) is 14.4 Å². The van der Waals surface area contributed by atoms with E-state index in [-0.39, 0.29) is 6.54 Å². The van der Waals surface area contributed by atoms with Gasteiger partial charge >= 0.3 is 0 Å². The predicted molar refractivity (Wildman–Crippen MR) is 116 cm³/mol. The molecule has 144 valence electrons. The number of benzene rings is 2. The van der Waals surface area contributed by atoms with Crippen molar-refractivity contribution in [1.29, 1.82) is 0 Å². The third-order valence-electron chi connectivity index (χ3n) is 4.18. The molecule has 7 heteroatoms. The molecule has 2 aromatic carbocycles. The van der Waals surface area contributed by atoms with Crippen LogP contribution in [0, 0.1) is 0 Å². The van der Waals surface area contributed by atoms with Crippen LogP contribution < -0.4 is 5.32 Å². The van der Waals surface area contributed by atoms with Crippen molar-refractivity contribution in [3.05, 3.63) is 69.0 Å². The fourth-order valence-electron chi connectivity index (χ4n) is 2.68. The third kappa shape index (κ3) is 4.91. The molecule has 0 saturated carbocycles. The molecular weight excluding hydrogens is 440 g/mol. The molecule has 2 aromatic rings. The molecule has 0 bridgehead atoms. The van der Waals surface area contributed by atoms with Gasteiger partial charge < -0.3 is 5.32 Å². The zero-order valence-corrected chi connectivity index (χ0v) is 17.8. The van der Waals surface area contributed by atoms with Crippen LogP contribution >= 0.6 is 27.7 Å². The zero-order chi connectivity index (χ0) is 20.3. The van der Waals surface area contributed by atoms with Crippen LogP contribution in [0.4, 0.5) is 10.5 Å². The lowest BCUT2D eigenvalue weighted by Gasteiger charge is -2.13. The molecule has 1 aliphatic heterocycles. The molecule has 0 radical (unpaired) electrons. The summed E-state index contributed by atoms with van der Waals surface area (Å²) in [4.78, 5) is 38.3. The lowest BCUT2D eigenvalue weighted by atomic mass is 10.0. The Morgan fingerprint density at radius 3 is 2.54 bits per heavy atom. The molecule has 0 atom stereocenters. The predicted octanol–water partition coefficient (Wildman–Crippen LogP) is 5.25. The van der Waals surface area contributed by atoms with E-state index in [0.717, 1.165) is 26.7 Å². The molecule has 1 N–H and O–H groups in total. The van der Waals surface area contributed by atoms with Gasteiger partial charge in [0.05, 0.1) is 4.91 Å². The highest BCUT2D eigenvalue weighted by atomic mass is 79.9. The van der Waals surface area contributed by atoms with Crippen LogP contribution in [-0.2, 0) is 9.59 Å². The summed E-state index contributed by atoms with van der Waals surface area (Å²) >= 11 is 4.21. The van der Waals surface area contributed by atoms with Gasteiger partial charge in [-0.25, -0.2) is 0 Å². The number of thioether (sulfide) groups is 1. The fourth-order valence-corrected chi connectivity index (χ4v) is 3.93. The van der Waals surface area contributed by atoms with Crippen LogP contribution in [0.2, 0.25) is 0 Å². The molecule has 5 nitrogen and oxygen atoms in total. The number of anilines is 1. The van der Waals surface area contributed by atoms with Gasteiger partial charge in [-0.2, -0.15) is 0 Å². The summed E-state index contributed by atoms with van der Waals surface area (Å²) in [6, 6.07) is 14.9. The van der Waals surface area contributed by atoms with Crippen molar-refractivity contribution < 1.29 is 14.4 Å². The van der Waals surface area contributed by atoms with Gasteiger partial charge in [0.25, 0.3) is 11.1 Å². The number of rotatable bonds is 5. The van der Waals surface area contributed by atoms with Crippen LogP contribution in [0.5, 0.6) is 0 Å². The standard InChI is InChI=1S/C21H19BrN2O3S/c1-13(2)15-6-8-17(9-7-15)23-19(25)12-24-20(26)18(28-21(24)27)11-14-4-3-5-16(22)10-14/h3-11,13H,12H2,1-2H3,(H,23,25)/b18-11+. The molecule has 28 heavy (non-hydrogen) atoms. The normalized spacial score (nSPS) is 15.6. The van der Waals surface area contributed by atoms with Crippen molar-refractivity contribution in [3.8, 4) is 0 Å². The van der Waals surface area contributed by atoms with Crippen LogP contribution in [0.25, 0.3) is 6.08 Å². The summed E-state index contributed by atoms with van der Waals surface area (Å²) in [5, 5.41) is 2.28. The van der Waals surface area contributed by atoms with Gasteiger partial charge in [0.1, 0.15) is 6.54 Å². The first-order chi connectivity index (χ1) is 13.3. The van der Waals surface area contributed by atoms with E-state index in [0.29, 0.717) is 16.5 Å². The Hall–Kier alpha value is -2.38. The average molecular weight is 459 g/mol. The van der Waals surface area contributed by atoms with Crippen molar-refractivity contribution in [2.45, 2.75) is 19.8 Å². The number of carbonyl (C=O) groups excluding carboxylic acids is 3. The minimum Gasteiger partial charge on any atom is -0.325 e. The lowest BCUT2D eigenvalue weighted by Crippen LogP contribution is -2.36. The van der Waals surface area contributed by atoms with Crippen LogP contribution in [0.3, 0.4) is 0 Å². The Bertz CT molecular complexity index is 954. The molecule has 1 heterocycles. The largest absolute Gasteiger partial charge is 0.325 e. The Labute approximate surface area is 176 Å². The van der Waals surface area contributed by atoms with Crippen molar-refractivity contribution in [2.24, 2.45) is 0 Å². The molecule has 0 aromatic heterocycles. The maximum Gasteiger partial charge on any atom is 0.294 e. The van der Waals surface area contributed by atoms with E-state index in [1.807, 2.05) is 48.5 Å². The number of hydrogen-bond acceptors (Lipinski definition) is 4. The number of nitrogens with one attached hydrogen (secondary N) is 1. The van der Waals surface area contributed by atoms with Crippen molar-refractivity contribution >= 4 is 56.5 Å². The van der Waals surface area contributed by atoms with E-state index in [1.54, 1.807) is 6.08 Å². The molecule has 3 rings (SSSR count). The number of hydrogen-bond donors (Lipinski definition) is 1. The number of imide groups is 1. The highest BCUT2D eigenvalue weighted by molar-refractivity contribution is 9.10. The summed E-state index contributed by atoms with van der Waals surface area (Å²) in [7, 11) is 0. The zero-order valence-electron chi connectivity index (χ0n) is 15.4. The van der Waals surface area contributed by atoms with E-state index in [4.69, 9.17) is 0 Å². The molecule has 1 aliphatic rings. The maximum atomic E-state index is 12.5. The van der Waals surface area contributed by atoms with E-state index >= 15 is 0 Å². The summed E-state index contributed by atoms with van der Waals surface area (Å²) in [5.74, 6) is -0.472. The summed E-state index contributed by atoms with van der Waals surface area (Å²) < 4.78 is 0.878. The SMILES string of the molecule is CC(C)c1ccc(NC(=O)CN2C(=O)S/C(=C/c3cccc(Br)c3)C2=O)cc1. The molecule has 0 spiro atoms. The van der Waals surface area contributed by atoms with Gasteiger partial charge in [-0.05, 0) is 59.1 Å². The second-order valence-electron chi connectivity index (χ2n) is 6.65. The fraction of sp³-hybridized carbons (Fsp3) is 0.190. The molecular formula is C21H19BrN2O3S. The minimum atomic E-state index is -0.458. The smallest absolute Gasteiger partial charge is 0.294 e. The van der Waals surface area contributed by atoms with Crippen LogP contribution in [0.1, 0.15) is 30.9 Å². The number of amides is 3. The van der Waals surface area contributed by atoms with E-state index < -0.39 is 17.1 Å². The topological polar surface area (TPSA) is 66.5 Å². The third-order valence-corrected chi connectivity index (χ3v) is 5.58. The van der Waals surface area contributed by atoms with Gasteiger partial charge in [-0.15, -0.1) is 0 Å². The van der Waals surface area contributed by atoms with Gasteiger partial charge in [-0.3, -0.25) is 19.3 Å². The van der Waals surface area contributed by atoms with Gasteiger partial charge in [0, 0.05) is 10.2 Å². The number of nitrogens with zero attached hydrogens (tertiary/aromatic N) is 1. The minimum absolute atomic E-state index is 0.303. The quantitative estimate of drug-likeness (QED) is 0.621. The monoisotopic (exact) mass is 458 g/mol. The second kappa shape index (κ2) is 8.75. The van der Waals surface area contributed by atoms with Gasteiger partial charge in [0.2, 0.25) is 5.91 Å². The first kappa shape index (κ1) is 20.4. The Balaban J connectivity index is 1.66. The average Bonchev–Trinajstić information content (AvgIpc) is 2.89.